The molecule has 0 heterocycles. The molecule has 1 aromatic rings. The minimum absolute atomic E-state index is 0.219. The van der Waals surface area contributed by atoms with Crippen LogP contribution in [0, 0.1) is 6.92 Å². The maximum Gasteiger partial charge on any atom is 0.0448 e. The molecule has 1 aromatic carbocycles. The van der Waals surface area contributed by atoms with E-state index in [1.165, 1.54) is 30.4 Å². The van der Waals surface area contributed by atoms with Gasteiger partial charge in [0.25, 0.3) is 0 Å². The van der Waals surface area contributed by atoms with Crippen molar-refractivity contribution in [3.05, 3.63) is 35.4 Å². The Morgan fingerprint density at radius 1 is 1.31 bits per heavy atom. The Balaban J connectivity index is 1.93. The summed E-state index contributed by atoms with van der Waals surface area (Å²) in [5, 5.41) is 12.7. The molecular weight excluding hydrogens is 198 g/mol. The second kappa shape index (κ2) is 4.98. The maximum absolute atomic E-state index is 9.08. The normalized spacial score (nSPS) is 18.1. The molecule has 0 aromatic heterocycles. The lowest BCUT2D eigenvalue weighted by atomic mass is 9.74. The van der Waals surface area contributed by atoms with Gasteiger partial charge in [-0.2, -0.15) is 0 Å². The Hall–Kier alpha value is -0.860. The van der Waals surface area contributed by atoms with E-state index in [0.29, 0.717) is 6.61 Å². The summed E-state index contributed by atoms with van der Waals surface area (Å²) in [6, 6.07) is 8.49. The highest BCUT2D eigenvalue weighted by molar-refractivity contribution is 5.25. The highest BCUT2D eigenvalue weighted by Gasteiger charge is 2.35. The van der Waals surface area contributed by atoms with Crippen LogP contribution in [0.15, 0.2) is 24.3 Å². The first-order valence-corrected chi connectivity index (χ1v) is 6.16. The number of hydrogen-bond donors (Lipinski definition) is 2. The molecule has 1 saturated carbocycles. The van der Waals surface area contributed by atoms with E-state index >= 15 is 0 Å². The van der Waals surface area contributed by atoms with E-state index in [9.17, 15) is 0 Å². The van der Waals surface area contributed by atoms with Crippen molar-refractivity contribution in [2.45, 2.75) is 44.7 Å². The zero-order chi connectivity index (χ0) is 11.4. The monoisotopic (exact) mass is 219 g/mol. The van der Waals surface area contributed by atoms with Crippen LogP contribution in [0.4, 0.5) is 0 Å². The van der Waals surface area contributed by atoms with Gasteiger partial charge in [-0.15, -0.1) is 0 Å². The summed E-state index contributed by atoms with van der Waals surface area (Å²) in [6.45, 7) is 3.37. The second-order valence-electron chi connectivity index (χ2n) is 4.89. The van der Waals surface area contributed by atoms with E-state index in [1.54, 1.807) is 0 Å². The van der Waals surface area contributed by atoms with Gasteiger partial charge in [0.2, 0.25) is 0 Å². The minimum atomic E-state index is 0.219. The molecule has 0 saturated heterocycles. The lowest BCUT2D eigenvalue weighted by molar-refractivity contribution is 0.130. The third-order valence-electron chi connectivity index (χ3n) is 3.82. The molecule has 0 aliphatic heterocycles. The molecule has 2 rings (SSSR count). The number of nitrogens with one attached hydrogen (secondary N) is 1. The van der Waals surface area contributed by atoms with E-state index in [-0.39, 0.29) is 5.54 Å². The molecule has 2 heteroatoms. The Labute approximate surface area is 97.7 Å². The van der Waals surface area contributed by atoms with Crippen molar-refractivity contribution in [3.63, 3.8) is 0 Å². The van der Waals surface area contributed by atoms with Crippen LogP contribution >= 0.6 is 0 Å². The topological polar surface area (TPSA) is 32.3 Å². The molecular formula is C14H21NO. The van der Waals surface area contributed by atoms with Crippen LogP contribution in [0.25, 0.3) is 0 Å². The van der Waals surface area contributed by atoms with Gasteiger partial charge >= 0.3 is 0 Å². The van der Waals surface area contributed by atoms with E-state index in [2.05, 4.69) is 36.5 Å². The first-order valence-electron chi connectivity index (χ1n) is 6.16. The van der Waals surface area contributed by atoms with Crippen molar-refractivity contribution < 1.29 is 5.11 Å². The molecule has 1 aliphatic rings. The SMILES string of the molecule is Cc1ccccc1CNC1(CCO)CCC1. The van der Waals surface area contributed by atoms with Gasteiger partial charge < -0.3 is 10.4 Å². The van der Waals surface area contributed by atoms with E-state index in [1.807, 2.05) is 0 Å². The molecule has 0 radical (unpaired) electrons. The zero-order valence-corrected chi connectivity index (χ0v) is 10.00. The van der Waals surface area contributed by atoms with Gasteiger partial charge in [-0.05, 0) is 43.7 Å². The van der Waals surface area contributed by atoms with E-state index < -0.39 is 0 Å². The molecule has 88 valence electrons. The number of aliphatic hydroxyl groups is 1. The molecule has 0 bridgehead atoms. The quantitative estimate of drug-likeness (QED) is 0.797. The van der Waals surface area contributed by atoms with Gasteiger partial charge in [0.05, 0.1) is 0 Å². The molecule has 16 heavy (non-hydrogen) atoms. The minimum Gasteiger partial charge on any atom is -0.396 e. The van der Waals surface area contributed by atoms with E-state index in [0.717, 1.165) is 13.0 Å². The summed E-state index contributed by atoms with van der Waals surface area (Å²) < 4.78 is 0. The standard InChI is InChI=1S/C14H21NO/c1-12-5-2-3-6-13(12)11-15-14(9-10-16)7-4-8-14/h2-3,5-6,15-16H,4,7-11H2,1H3. The molecule has 0 spiro atoms. The highest BCUT2D eigenvalue weighted by atomic mass is 16.3. The van der Waals surface area contributed by atoms with Gasteiger partial charge in [-0.1, -0.05) is 24.3 Å². The molecule has 0 unspecified atom stereocenters. The van der Waals surface area contributed by atoms with Crippen molar-refractivity contribution >= 4 is 0 Å². The van der Waals surface area contributed by atoms with Gasteiger partial charge in [0.1, 0.15) is 0 Å². The fraction of sp³-hybridized carbons (Fsp3) is 0.571. The summed E-state index contributed by atoms with van der Waals surface area (Å²) in [4.78, 5) is 0. The molecule has 0 atom stereocenters. The van der Waals surface area contributed by atoms with Crippen LogP contribution in [0.1, 0.15) is 36.8 Å². The number of rotatable bonds is 5. The fourth-order valence-electron chi connectivity index (χ4n) is 2.42. The third kappa shape index (κ3) is 2.45. The first kappa shape index (κ1) is 11.6. The Bertz CT molecular complexity index is 344. The van der Waals surface area contributed by atoms with Crippen LogP contribution in [0.3, 0.4) is 0 Å². The predicted octanol–water partition coefficient (Wildman–Crippen LogP) is 2.39. The number of aryl methyl sites for hydroxylation is 1. The van der Waals surface area contributed by atoms with Crippen LogP contribution < -0.4 is 5.32 Å². The third-order valence-corrected chi connectivity index (χ3v) is 3.82. The van der Waals surface area contributed by atoms with Crippen molar-refractivity contribution in [3.8, 4) is 0 Å². The Morgan fingerprint density at radius 3 is 2.62 bits per heavy atom. The Morgan fingerprint density at radius 2 is 2.06 bits per heavy atom. The Kier molecular flexibility index (Phi) is 3.62. The van der Waals surface area contributed by atoms with E-state index in [4.69, 9.17) is 5.11 Å². The zero-order valence-electron chi connectivity index (χ0n) is 10.00. The first-order chi connectivity index (χ1) is 7.76. The summed E-state index contributed by atoms with van der Waals surface area (Å²) in [6.07, 6.45) is 4.60. The average Bonchev–Trinajstić information content (AvgIpc) is 2.24. The number of aliphatic hydroxyl groups excluding tert-OH is 1. The fourth-order valence-corrected chi connectivity index (χ4v) is 2.42. The van der Waals surface area contributed by atoms with Crippen LogP contribution in [0.5, 0.6) is 0 Å². The van der Waals surface area contributed by atoms with Crippen LogP contribution in [0.2, 0.25) is 0 Å². The van der Waals surface area contributed by atoms with Crippen LogP contribution in [-0.4, -0.2) is 17.3 Å². The summed E-state index contributed by atoms with van der Waals surface area (Å²) in [7, 11) is 0. The second-order valence-corrected chi connectivity index (χ2v) is 4.89. The smallest absolute Gasteiger partial charge is 0.0448 e. The van der Waals surface area contributed by atoms with Crippen LogP contribution in [-0.2, 0) is 6.54 Å². The lowest BCUT2D eigenvalue weighted by Gasteiger charge is -2.43. The summed E-state index contributed by atoms with van der Waals surface area (Å²) >= 11 is 0. The van der Waals surface area contributed by atoms with Crippen molar-refractivity contribution in [1.82, 2.24) is 5.32 Å². The molecule has 2 N–H and O–H groups in total. The largest absolute Gasteiger partial charge is 0.396 e. The lowest BCUT2D eigenvalue weighted by Crippen LogP contribution is -2.51. The van der Waals surface area contributed by atoms with Gasteiger partial charge in [-0.25, -0.2) is 0 Å². The molecule has 0 amide bonds. The summed E-state index contributed by atoms with van der Waals surface area (Å²) in [5.74, 6) is 0. The average molecular weight is 219 g/mol. The van der Waals surface area contributed by atoms with Gasteiger partial charge in [0.15, 0.2) is 0 Å². The molecule has 2 nitrogen and oxygen atoms in total. The molecule has 1 fully saturated rings. The number of benzene rings is 1. The van der Waals surface area contributed by atoms with Gasteiger partial charge in [-0.3, -0.25) is 0 Å². The van der Waals surface area contributed by atoms with Crippen molar-refractivity contribution in [2.24, 2.45) is 0 Å². The van der Waals surface area contributed by atoms with Crippen molar-refractivity contribution in [2.75, 3.05) is 6.61 Å². The number of hydrogen-bond acceptors (Lipinski definition) is 2. The molecule has 1 aliphatic carbocycles. The van der Waals surface area contributed by atoms with Crippen molar-refractivity contribution in [1.29, 1.82) is 0 Å². The maximum atomic E-state index is 9.08. The predicted molar refractivity (Wildman–Crippen MR) is 66.3 cm³/mol. The summed E-state index contributed by atoms with van der Waals surface area (Å²) in [5.41, 5.74) is 2.93. The highest BCUT2D eigenvalue weighted by Crippen LogP contribution is 2.34. The van der Waals surface area contributed by atoms with Gasteiger partial charge in [0, 0.05) is 18.7 Å².